The molecule has 0 saturated heterocycles. The molecule has 0 heterocycles. The van der Waals surface area contributed by atoms with Crippen LogP contribution in [-0.2, 0) is 16.1 Å². The van der Waals surface area contributed by atoms with Gasteiger partial charge in [-0.3, -0.25) is 19.7 Å². The summed E-state index contributed by atoms with van der Waals surface area (Å²) in [6.45, 7) is 5.38. The SMILES string of the molecule is CC[C@@H](C)NC(=O)[C@@H](CC)N(Cc1ccc(Cl)c(Cl)c1)C(=O)COc1ccc([N+](=O)[O-])c(OC)c1. The fourth-order valence-electron chi connectivity index (χ4n) is 3.32. The molecule has 9 nitrogen and oxygen atoms in total. The Labute approximate surface area is 214 Å². The van der Waals surface area contributed by atoms with Gasteiger partial charge in [0.25, 0.3) is 5.91 Å². The summed E-state index contributed by atoms with van der Waals surface area (Å²) in [5, 5.41) is 14.7. The van der Waals surface area contributed by atoms with E-state index in [-0.39, 0.29) is 35.7 Å². The lowest BCUT2D eigenvalue weighted by molar-refractivity contribution is -0.385. The first-order valence-electron chi connectivity index (χ1n) is 11.1. The van der Waals surface area contributed by atoms with Crippen molar-refractivity contribution >= 4 is 40.7 Å². The van der Waals surface area contributed by atoms with Gasteiger partial charge in [0.2, 0.25) is 11.7 Å². The molecule has 1 N–H and O–H groups in total. The van der Waals surface area contributed by atoms with E-state index >= 15 is 0 Å². The first-order valence-corrected chi connectivity index (χ1v) is 11.9. The molecule has 35 heavy (non-hydrogen) atoms. The maximum Gasteiger partial charge on any atom is 0.311 e. The number of carbonyl (C=O) groups excluding carboxylic acids is 2. The van der Waals surface area contributed by atoms with E-state index in [0.717, 1.165) is 6.42 Å². The molecule has 0 bridgehead atoms. The normalized spacial score (nSPS) is 12.4. The number of ether oxygens (including phenoxy) is 2. The Bertz CT molecular complexity index is 1070. The number of nitrogens with zero attached hydrogens (tertiary/aromatic N) is 2. The monoisotopic (exact) mass is 525 g/mol. The van der Waals surface area contributed by atoms with E-state index in [1.165, 1.54) is 30.2 Å². The summed E-state index contributed by atoms with van der Waals surface area (Å²) in [7, 11) is 1.30. The summed E-state index contributed by atoms with van der Waals surface area (Å²) in [6.07, 6.45) is 1.12. The third-order valence-electron chi connectivity index (χ3n) is 5.43. The largest absolute Gasteiger partial charge is 0.490 e. The number of amides is 2. The minimum absolute atomic E-state index is 0.00646. The van der Waals surface area contributed by atoms with Crippen LogP contribution in [0.3, 0.4) is 0 Å². The topological polar surface area (TPSA) is 111 Å². The summed E-state index contributed by atoms with van der Waals surface area (Å²) in [4.78, 5) is 38.2. The molecule has 0 unspecified atom stereocenters. The highest BCUT2D eigenvalue weighted by Gasteiger charge is 2.30. The fraction of sp³-hybridized carbons (Fsp3) is 0.417. The quantitative estimate of drug-likeness (QED) is 0.308. The van der Waals surface area contributed by atoms with Crippen LogP contribution in [0.15, 0.2) is 36.4 Å². The smallest absolute Gasteiger partial charge is 0.311 e. The number of benzene rings is 2. The second-order valence-corrected chi connectivity index (χ2v) is 8.71. The molecule has 2 aromatic rings. The molecule has 0 aromatic heterocycles. The number of nitro benzene ring substituents is 1. The van der Waals surface area contributed by atoms with E-state index in [9.17, 15) is 19.7 Å². The van der Waals surface area contributed by atoms with Crippen LogP contribution in [-0.4, -0.2) is 47.4 Å². The van der Waals surface area contributed by atoms with Gasteiger partial charge in [0.15, 0.2) is 6.61 Å². The van der Waals surface area contributed by atoms with Crippen LogP contribution >= 0.6 is 23.2 Å². The van der Waals surface area contributed by atoms with E-state index in [0.29, 0.717) is 22.0 Å². The average Bonchev–Trinajstić information content (AvgIpc) is 2.83. The van der Waals surface area contributed by atoms with Gasteiger partial charge in [-0.05, 0) is 43.5 Å². The van der Waals surface area contributed by atoms with Crippen molar-refractivity contribution in [1.29, 1.82) is 0 Å². The predicted molar refractivity (Wildman–Crippen MR) is 134 cm³/mol. The van der Waals surface area contributed by atoms with Crippen LogP contribution in [0.1, 0.15) is 39.2 Å². The minimum Gasteiger partial charge on any atom is -0.490 e. The van der Waals surface area contributed by atoms with E-state index < -0.39 is 23.5 Å². The maximum atomic E-state index is 13.3. The van der Waals surface area contributed by atoms with Crippen LogP contribution in [0.2, 0.25) is 10.0 Å². The third kappa shape index (κ3) is 7.73. The number of halogens is 2. The number of hydrogen-bond acceptors (Lipinski definition) is 6. The van der Waals surface area contributed by atoms with Crippen molar-refractivity contribution in [3.63, 3.8) is 0 Å². The van der Waals surface area contributed by atoms with Crippen LogP contribution in [0, 0.1) is 10.1 Å². The van der Waals surface area contributed by atoms with Crippen molar-refractivity contribution in [3.05, 3.63) is 62.1 Å². The maximum absolute atomic E-state index is 13.3. The molecule has 11 heteroatoms. The molecule has 0 fully saturated rings. The van der Waals surface area contributed by atoms with Crippen molar-refractivity contribution < 1.29 is 24.0 Å². The van der Waals surface area contributed by atoms with Gasteiger partial charge in [0.05, 0.1) is 22.1 Å². The summed E-state index contributed by atoms with van der Waals surface area (Å²) in [6, 6.07) is 8.15. The Morgan fingerprint density at radius 3 is 2.40 bits per heavy atom. The van der Waals surface area contributed by atoms with Crippen LogP contribution < -0.4 is 14.8 Å². The van der Waals surface area contributed by atoms with Gasteiger partial charge in [-0.2, -0.15) is 0 Å². The van der Waals surface area contributed by atoms with Crippen molar-refractivity contribution in [2.75, 3.05) is 13.7 Å². The van der Waals surface area contributed by atoms with Crippen molar-refractivity contribution in [3.8, 4) is 11.5 Å². The highest BCUT2D eigenvalue weighted by Crippen LogP contribution is 2.31. The van der Waals surface area contributed by atoms with Crippen LogP contribution in [0.25, 0.3) is 0 Å². The zero-order valence-corrected chi connectivity index (χ0v) is 21.6. The first kappa shape index (κ1) is 28.2. The van der Waals surface area contributed by atoms with Gasteiger partial charge in [-0.25, -0.2) is 0 Å². The van der Waals surface area contributed by atoms with E-state index in [4.69, 9.17) is 32.7 Å². The summed E-state index contributed by atoms with van der Waals surface area (Å²) in [5.74, 6) is -0.494. The standard InChI is InChI=1S/C24H29Cl2N3O6/c1-5-15(3)27-24(31)20(6-2)28(13-16-7-9-18(25)19(26)11-16)23(30)14-35-17-8-10-21(29(32)33)22(12-17)34-4/h7-12,15,20H,5-6,13-14H2,1-4H3,(H,27,31)/t15-,20-/m1/s1. The molecule has 0 aliphatic carbocycles. The number of carbonyl (C=O) groups is 2. The van der Waals surface area contributed by atoms with Gasteiger partial charge >= 0.3 is 5.69 Å². The van der Waals surface area contributed by atoms with E-state index in [2.05, 4.69) is 5.32 Å². The molecular formula is C24H29Cl2N3O6. The van der Waals surface area contributed by atoms with Crippen molar-refractivity contribution in [2.45, 2.75) is 52.2 Å². The Morgan fingerprint density at radius 1 is 1.11 bits per heavy atom. The molecule has 2 rings (SSSR count). The zero-order valence-electron chi connectivity index (χ0n) is 20.0. The Morgan fingerprint density at radius 2 is 1.83 bits per heavy atom. The van der Waals surface area contributed by atoms with Gasteiger partial charge < -0.3 is 19.7 Å². The fourth-order valence-corrected chi connectivity index (χ4v) is 3.64. The molecule has 2 aromatic carbocycles. The molecule has 0 radical (unpaired) electrons. The predicted octanol–water partition coefficient (Wildman–Crippen LogP) is 5.01. The first-order chi connectivity index (χ1) is 16.6. The van der Waals surface area contributed by atoms with E-state index in [1.54, 1.807) is 18.2 Å². The molecule has 0 aliphatic heterocycles. The van der Waals surface area contributed by atoms with Crippen molar-refractivity contribution in [2.24, 2.45) is 0 Å². The van der Waals surface area contributed by atoms with Gasteiger partial charge in [-0.15, -0.1) is 0 Å². The lowest BCUT2D eigenvalue weighted by atomic mass is 10.1. The number of hydrogen-bond donors (Lipinski definition) is 1. The second-order valence-electron chi connectivity index (χ2n) is 7.89. The zero-order chi connectivity index (χ0) is 26.1. The van der Waals surface area contributed by atoms with Gasteiger partial charge in [0, 0.05) is 24.7 Å². The average molecular weight is 526 g/mol. The Hall–Kier alpha value is -3.04. The molecule has 0 spiro atoms. The van der Waals surface area contributed by atoms with Crippen LogP contribution in [0.5, 0.6) is 11.5 Å². The molecule has 0 saturated carbocycles. The lowest BCUT2D eigenvalue weighted by Crippen LogP contribution is -2.51. The molecule has 190 valence electrons. The summed E-state index contributed by atoms with van der Waals surface area (Å²) < 4.78 is 10.7. The number of rotatable bonds is 12. The number of nitrogens with one attached hydrogen (secondary N) is 1. The highest BCUT2D eigenvalue weighted by atomic mass is 35.5. The van der Waals surface area contributed by atoms with E-state index in [1.807, 2.05) is 20.8 Å². The molecule has 2 amide bonds. The lowest BCUT2D eigenvalue weighted by Gasteiger charge is -2.31. The van der Waals surface area contributed by atoms with Crippen LogP contribution in [0.4, 0.5) is 5.69 Å². The van der Waals surface area contributed by atoms with Gasteiger partial charge in [0.1, 0.15) is 11.8 Å². The molecule has 2 atom stereocenters. The minimum atomic E-state index is -0.749. The number of methoxy groups -OCH3 is 1. The van der Waals surface area contributed by atoms with Gasteiger partial charge in [-0.1, -0.05) is 43.1 Å². The van der Waals surface area contributed by atoms with Crippen molar-refractivity contribution in [1.82, 2.24) is 10.2 Å². The Kier molecular flexibility index (Phi) is 10.6. The Balaban J connectivity index is 2.28. The summed E-state index contributed by atoms with van der Waals surface area (Å²) in [5.41, 5.74) is 0.472. The highest BCUT2D eigenvalue weighted by molar-refractivity contribution is 6.42. The molecule has 0 aliphatic rings. The summed E-state index contributed by atoms with van der Waals surface area (Å²) >= 11 is 12.2. The second kappa shape index (κ2) is 13.2. The molecular weight excluding hydrogens is 497 g/mol. The third-order valence-corrected chi connectivity index (χ3v) is 6.17. The number of nitro groups is 1.